The first-order chi connectivity index (χ1) is 34.2. The zero-order chi connectivity index (χ0) is 47.1. The molecule has 0 aromatic heterocycles. The van der Waals surface area contributed by atoms with Gasteiger partial charge in [-0.1, -0.05) is 97.1 Å². The molecule has 0 radical (unpaired) electrons. The zero-order valence-corrected chi connectivity index (χ0v) is 39.8. The molecule has 8 fully saturated rings. The molecule has 7 aromatic rings. The summed E-state index contributed by atoms with van der Waals surface area (Å²) in [5.41, 5.74) is 3.43. The fourth-order valence-corrected chi connectivity index (χ4v) is 15.9. The molecule has 8 bridgehead atoms. The lowest BCUT2D eigenvalue weighted by molar-refractivity contribution is -0.0118. The van der Waals surface area contributed by atoms with E-state index in [2.05, 4.69) is 24.3 Å². The molecule has 0 heterocycles. The first-order valence-electron chi connectivity index (χ1n) is 26.1. The van der Waals surface area contributed by atoms with Gasteiger partial charge in [-0.05, 0) is 185 Å². The zero-order valence-electron chi connectivity index (χ0n) is 39.8. The lowest BCUT2D eigenvalue weighted by Gasteiger charge is -2.58. The summed E-state index contributed by atoms with van der Waals surface area (Å²) < 4.78 is 25.5. The van der Waals surface area contributed by atoms with E-state index in [1.54, 1.807) is 0 Å². The normalized spacial score (nSPS) is 28.1. The Hall–Kier alpha value is -5.96. The standard InChI is InChI=1S/C62H62O8/c63-47(35-69-59(65)57-49-13-5-1-9-43(49)23-44-10-2-6-14-50(44)57)33-67-55-26-56(68-34-48(64)36-70-60(66)58-51-15-7-3-11-45(51)24-46-12-4-8-16-52(46)58)54(62-30-40-20-41(31-62)22-42(21-40)32-62)25-53(55)61-27-37-17-38(28-61)19-39(18-37)29-61/h1-16,23-26,37-42,47-48,63-64H,17-22,27-36H2. The SMILES string of the molecule is O=C(OCC(O)COc1cc(OCC(O)COC(=O)c2c3ccccc3cc3ccccc23)c(C23CC4CC(CC(C4)C2)C3)cc1C12CC3CC(CC(C3)C1)C2)c1c2ccccc2cc2ccccc12. The largest absolute Gasteiger partial charge is 0.490 e. The summed E-state index contributed by atoms with van der Waals surface area (Å²) in [7, 11) is 0. The number of hydrogen-bond acceptors (Lipinski definition) is 8. The van der Waals surface area contributed by atoms with Gasteiger partial charge in [-0.15, -0.1) is 0 Å². The van der Waals surface area contributed by atoms with Crippen molar-refractivity contribution in [3.63, 3.8) is 0 Å². The highest BCUT2D eigenvalue weighted by molar-refractivity contribution is 6.17. The number of carbonyl (C=O) groups excluding carboxylic acids is 2. The number of esters is 2. The second-order valence-corrected chi connectivity index (χ2v) is 22.8. The number of hydrogen-bond donors (Lipinski definition) is 2. The van der Waals surface area contributed by atoms with E-state index in [-0.39, 0.29) is 37.3 Å². The van der Waals surface area contributed by atoms with E-state index in [0.29, 0.717) is 58.1 Å². The number of aliphatic hydroxyl groups is 2. The Balaban J connectivity index is 0.798. The van der Waals surface area contributed by atoms with E-state index >= 15 is 0 Å². The molecule has 0 aliphatic heterocycles. The van der Waals surface area contributed by atoms with E-state index in [0.717, 1.165) is 81.6 Å². The van der Waals surface area contributed by atoms with Crippen molar-refractivity contribution >= 4 is 55.0 Å². The third kappa shape index (κ3) is 7.81. The van der Waals surface area contributed by atoms with Gasteiger partial charge in [-0.25, -0.2) is 9.59 Å². The Morgan fingerprint density at radius 2 is 0.729 bits per heavy atom. The lowest BCUT2D eigenvalue weighted by atomic mass is 9.46. The van der Waals surface area contributed by atoms with E-state index in [4.69, 9.17) is 18.9 Å². The predicted octanol–water partition coefficient (Wildman–Crippen LogP) is 12.4. The summed E-state index contributed by atoms with van der Waals surface area (Å²) in [6.07, 6.45) is 12.6. The van der Waals surface area contributed by atoms with Crippen LogP contribution < -0.4 is 9.47 Å². The molecule has 7 aromatic carbocycles. The third-order valence-corrected chi connectivity index (χ3v) is 17.9. The summed E-state index contributed by atoms with van der Waals surface area (Å²) >= 11 is 0. The molecule has 8 heteroatoms. The quantitative estimate of drug-likeness (QED) is 0.0819. The fraction of sp³-hybridized carbons (Fsp3) is 0.419. The molecule has 8 aliphatic carbocycles. The van der Waals surface area contributed by atoms with Crippen LogP contribution >= 0.6 is 0 Å². The van der Waals surface area contributed by atoms with Crippen molar-refractivity contribution in [3.05, 3.63) is 144 Å². The number of benzene rings is 7. The minimum Gasteiger partial charge on any atom is -0.490 e. The second-order valence-electron chi connectivity index (χ2n) is 22.8. The fourth-order valence-electron chi connectivity index (χ4n) is 15.9. The topological polar surface area (TPSA) is 112 Å². The number of rotatable bonds is 14. The average molecular weight is 935 g/mol. The molecule has 2 atom stereocenters. The van der Waals surface area contributed by atoms with E-state index < -0.39 is 24.1 Å². The summed E-state index contributed by atoms with van der Waals surface area (Å²) in [4.78, 5) is 27.9. The van der Waals surface area contributed by atoms with Crippen LogP contribution in [0.4, 0.5) is 0 Å². The van der Waals surface area contributed by atoms with Crippen LogP contribution in [-0.4, -0.2) is 60.8 Å². The van der Waals surface area contributed by atoms with Gasteiger partial charge in [-0.3, -0.25) is 0 Å². The minimum absolute atomic E-state index is 0.0218. The second kappa shape index (κ2) is 17.4. The predicted molar refractivity (Wildman–Crippen MR) is 273 cm³/mol. The molecule has 358 valence electrons. The van der Waals surface area contributed by atoms with Gasteiger partial charge in [0.25, 0.3) is 0 Å². The maximum absolute atomic E-state index is 14.0. The van der Waals surface area contributed by atoms with Gasteiger partial charge < -0.3 is 29.2 Å². The summed E-state index contributed by atoms with van der Waals surface area (Å²) in [6, 6.07) is 40.0. The molecule has 8 aliphatic rings. The van der Waals surface area contributed by atoms with E-state index in [1.807, 2.05) is 97.1 Å². The van der Waals surface area contributed by atoms with E-state index in [1.165, 1.54) is 49.7 Å². The molecule has 0 saturated heterocycles. The highest BCUT2D eigenvalue weighted by atomic mass is 16.6. The van der Waals surface area contributed by atoms with Crippen molar-refractivity contribution in [2.75, 3.05) is 26.4 Å². The van der Waals surface area contributed by atoms with E-state index in [9.17, 15) is 19.8 Å². The van der Waals surface area contributed by atoms with Crippen molar-refractivity contribution < 1.29 is 38.7 Å². The summed E-state index contributed by atoms with van der Waals surface area (Å²) in [5, 5.41) is 30.3. The molecule has 70 heavy (non-hydrogen) atoms. The smallest absolute Gasteiger partial charge is 0.339 e. The van der Waals surface area contributed by atoms with Gasteiger partial charge in [0, 0.05) is 17.2 Å². The first-order valence-corrected chi connectivity index (χ1v) is 26.1. The van der Waals surface area contributed by atoms with Crippen LogP contribution in [0.2, 0.25) is 0 Å². The van der Waals surface area contributed by atoms with Crippen LogP contribution in [0, 0.1) is 35.5 Å². The van der Waals surface area contributed by atoms with Gasteiger partial charge in [0.2, 0.25) is 0 Å². The molecule has 2 N–H and O–H groups in total. The van der Waals surface area contributed by atoms with Crippen LogP contribution in [0.3, 0.4) is 0 Å². The maximum atomic E-state index is 14.0. The molecule has 0 spiro atoms. The van der Waals surface area contributed by atoms with Gasteiger partial charge in [0.1, 0.15) is 50.1 Å². The van der Waals surface area contributed by atoms with Gasteiger partial charge in [0.05, 0.1) is 11.1 Å². The number of fused-ring (bicyclic) bond motifs is 4. The minimum atomic E-state index is -1.09. The van der Waals surface area contributed by atoms with Crippen molar-refractivity contribution in [1.29, 1.82) is 0 Å². The average Bonchev–Trinajstić information content (AvgIpc) is 3.35. The monoisotopic (exact) mass is 934 g/mol. The van der Waals surface area contributed by atoms with Crippen LogP contribution in [0.1, 0.15) is 109 Å². The highest BCUT2D eigenvalue weighted by Crippen LogP contribution is 2.65. The van der Waals surface area contributed by atoms with Crippen LogP contribution in [0.25, 0.3) is 43.1 Å². The summed E-state index contributed by atoms with van der Waals surface area (Å²) in [6.45, 7) is -0.588. The molecule has 2 unspecified atom stereocenters. The molecule has 0 amide bonds. The van der Waals surface area contributed by atoms with Gasteiger partial charge in [0.15, 0.2) is 0 Å². The number of carbonyl (C=O) groups is 2. The summed E-state index contributed by atoms with van der Waals surface area (Å²) in [5.74, 6) is 4.69. The van der Waals surface area contributed by atoms with Gasteiger partial charge >= 0.3 is 11.9 Å². The van der Waals surface area contributed by atoms with Crippen molar-refractivity contribution in [3.8, 4) is 11.5 Å². The molecule has 15 rings (SSSR count). The van der Waals surface area contributed by atoms with Gasteiger partial charge in [-0.2, -0.15) is 0 Å². The molecule has 8 saturated carbocycles. The Morgan fingerprint density at radius 3 is 1.04 bits per heavy atom. The van der Waals surface area contributed by atoms with Crippen molar-refractivity contribution in [1.82, 2.24) is 0 Å². The lowest BCUT2D eigenvalue weighted by Crippen LogP contribution is -2.50. The van der Waals surface area contributed by atoms with Crippen LogP contribution in [0.5, 0.6) is 11.5 Å². The molecule has 8 nitrogen and oxygen atoms in total. The van der Waals surface area contributed by atoms with Crippen LogP contribution in [-0.2, 0) is 20.3 Å². The van der Waals surface area contributed by atoms with Crippen LogP contribution in [0.15, 0.2) is 121 Å². The third-order valence-electron chi connectivity index (χ3n) is 17.9. The van der Waals surface area contributed by atoms with Crippen molar-refractivity contribution in [2.24, 2.45) is 35.5 Å². The maximum Gasteiger partial charge on any atom is 0.339 e. The Morgan fingerprint density at radius 1 is 0.429 bits per heavy atom. The number of aliphatic hydroxyl groups excluding tert-OH is 2. The molecular weight excluding hydrogens is 873 g/mol. The molecular formula is C62H62O8. The first kappa shape index (κ1) is 44.0. The Labute approximate surface area is 409 Å². The Bertz CT molecular complexity index is 2800. The highest BCUT2D eigenvalue weighted by Gasteiger charge is 2.56. The van der Waals surface area contributed by atoms with Crippen molar-refractivity contribution in [2.45, 2.75) is 100 Å². The number of ether oxygens (including phenoxy) is 4. The Kier molecular flexibility index (Phi) is 10.9.